The molecule has 0 bridgehead atoms. The van der Waals surface area contributed by atoms with E-state index in [0.717, 1.165) is 12.1 Å². The Labute approximate surface area is 146 Å². The van der Waals surface area contributed by atoms with Gasteiger partial charge in [0.25, 0.3) is 5.91 Å². The number of hydrogen-bond donors (Lipinski definition) is 1. The number of carbonyl (C=O) groups is 2. The molecule has 0 aromatic heterocycles. The van der Waals surface area contributed by atoms with Gasteiger partial charge in [-0.05, 0) is 35.4 Å². The number of benzene rings is 2. The van der Waals surface area contributed by atoms with Crippen LogP contribution in [-0.2, 0) is 24.1 Å². The number of hydrogen-bond acceptors (Lipinski definition) is 3. The molecule has 1 N–H and O–H groups in total. The van der Waals surface area contributed by atoms with Gasteiger partial charge in [-0.25, -0.2) is 0 Å². The lowest BCUT2D eigenvalue weighted by Crippen LogP contribution is -2.29. The third kappa shape index (κ3) is 3.79. The van der Waals surface area contributed by atoms with Crippen LogP contribution in [0.4, 0.5) is 13.2 Å². The summed E-state index contributed by atoms with van der Waals surface area (Å²) in [6.07, 6.45) is -4.39. The highest BCUT2D eigenvalue weighted by atomic mass is 19.4. The number of alkyl halides is 3. The van der Waals surface area contributed by atoms with Crippen LogP contribution in [0.25, 0.3) is 0 Å². The number of ether oxygens (including phenoxy) is 1. The summed E-state index contributed by atoms with van der Waals surface area (Å²) in [6.45, 7) is -0.112. The third-order valence-corrected chi connectivity index (χ3v) is 3.97. The number of nitrogens with zero attached hydrogens (tertiary/aromatic N) is 1. The molecule has 136 valence electrons. The summed E-state index contributed by atoms with van der Waals surface area (Å²) in [6, 6.07) is 9.45. The molecule has 1 aliphatic rings. The van der Waals surface area contributed by atoms with Gasteiger partial charge >= 0.3 is 12.1 Å². The van der Waals surface area contributed by atoms with Crippen LogP contribution in [0.3, 0.4) is 0 Å². The average molecular weight is 365 g/mol. The Hall–Kier alpha value is -3.03. The van der Waals surface area contributed by atoms with Crippen LogP contribution in [0.15, 0.2) is 42.5 Å². The first-order valence-corrected chi connectivity index (χ1v) is 7.67. The molecule has 8 heteroatoms. The first-order chi connectivity index (χ1) is 12.2. The van der Waals surface area contributed by atoms with Gasteiger partial charge in [-0.3, -0.25) is 9.59 Å². The molecule has 0 fully saturated rings. The van der Waals surface area contributed by atoms with E-state index in [2.05, 4.69) is 0 Å². The minimum Gasteiger partial charge on any atom is -0.489 e. The van der Waals surface area contributed by atoms with Crippen molar-refractivity contribution in [3.8, 4) is 5.75 Å². The van der Waals surface area contributed by atoms with Gasteiger partial charge in [0.15, 0.2) is 0 Å². The molecule has 0 atom stereocenters. The number of halogens is 3. The second kappa shape index (κ2) is 6.70. The topological polar surface area (TPSA) is 66.8 Å². The van der Waals surface area contributed by atoms with Crippen molar-refractivity contribution in [2.45, 2.75) is 19.3 Å². The molecule has 3 rings (SSSR count). The fourth-order valence-electron chi connectivity index (χ4n) is 2.68. The van der Waals surface area contributed by atoms with E-state index in [-0.39, 0.29) is 25.6 Å². The Bertz CT molecular complexity index is 847. The number of aliphatic carboxylic acids is 1. The van der Waals surface area contributed by atoms with Crippen LogP contribution < -0.4 is 4.74 Å². The lowest BCUT2D eigenvalue weighted by atomic mass is 10.1. The highest BCUT2D eigenvalue weighted by Crippen LogP contribution is 2.30. The normalized spacial score (nSPS) is 13.7. The second-order valence-corrected chi connectivity index (χ2v) is 5.86. The van der Waals surface area contributed by atoms with E-state index < -0.39 is 17.7 Å². The lowest BCUT2D eigenvalue weighted by molar-refractivity contribution is -0.138. The molecule has 0 unspecified atom stereocenters. The Kier molecular flexibility index (Phi) is 4.58. The molecule has 1 amide bonds. The highest BCUT2D eigenvalue weighted by Gasteiger charge is 2.30. The Morgan fingerprint density at radius 1 is 1.15 bits per heavy atom. The molecule has 2 aromatic rings. The first-order valence-electron chi connectivity index (χ1n) is 7.67. The van der Waals surface area contributed by atoms with E-state index in [1.807, 2.05) is 0 Å². The molecule has 2 aromatic carbocycles. The van der Waals surface area contributed by atoms with Crippen molar-refractivity contribution in [1.82, 2.24) is 4.90 Å². The van der Waals surface area contributed by atoms with Crippen molar-refractivity contribution in [2.24, 2.45) is 0 Å². The molecule has 0 saturated heterocycles. The largest absolute Gasteiger partial charge is 0.489 e. The van der Waals surface area contributed by atoms with Crippen molar-refractivity contribution < 1.29 is 32.6 Å². The van der Waals surface area contributed by atoms with Gasteiger partial charge in [0.1, 0.15) is 18.9 Å². The maximum atomic E-state index is 12.5. The summed E-state index contributed by atoms with van der Waals surface area (Å²) in [5.41, 5.74) is 0.898. The van der Waals surface area contributed by atoms with E-state index in [9.17, 15) is 22.8 Å². The quantitative estimate of drug-likeness (QED) is 0.883. The average Bonchev–Trinajstić information content (AvgIpc) is 2.88. The predicted molar refractivity (Wildman–Crippen MR) is 84.6 cm³/mol. The fourth-order valence-corrected chi connectivity index (χ4v) is 2.68. The third-order valence-electron chi connectivity index (χ3n) is 3.97. The number of carboxylic acids is 1. The van der Waals surface area contributed by atoms with Crippen LogP contribution in [0, 0.1) is 0 Å². The zero-order chi connectivity index (χ0) is 18.9. The van der Waals surface area contributed by atoms with Crippen LogP contribution in [0.5, 0.6) is 5.75 Å². The van der Waals surface area contributed by atoms with Gasteiger partial charge in [-0.2, -0.15) is 13.2 Å². The van der Waals surface area contributed by atoms with Crippen molar-refractivity contribution in [2.75, 3.05) is 6.54 Å². The molecule has 5 nitrogen and oxygen atoms in total. The van der Waals surface area contributed by atoms with Crippen molar-refractivity contribution in [3.05, 3.63) is 64.7 Å². The van der Waals surface area contributed by atoms with Gasteiger partial charge in [0, 0.05) is 12.1 Å². The van der Waals surface area contributed by atoms with E-state index >= 15 is 0 Å². The molecule has 1 heterocycles. The van der Waals surface area contributed by atoms with Crippen LogP contribution in [0.2, 0.25) is 0 Å². The van der Waals surface area contributed by atoms with Gasteiger partial charge < -0.3 is 14.7 Å². The summed E-state index contributed by atoms with van der Waals surface area (Å²) in [4.78, 5) is 24.2. The summed E-state index contributed by atoms with van der Waals surface area (Å²) in [5, 5.41) is 8.82. The minimum atomic E-state index is -4.39. The summed E-state index contributed by atoms with van der Waals surface area (Å²) < 4.78 is 43.2. The van der Waals surface area contributed by atoms with Crippen LogP contribution in [0.1, 0.15) is 27.0 Å². The zero-order valence-electron chi connectivity index (χ0n) is 13.4. The number of amides is 1. The standard InChI is InChI=1S/C18H14F3NO4/c19-18(20,21)13-4-1-11(2-5-13)10-26-14-6-3-12-8-22(9-16(23)24)17(25)15(12)7-14/h1-7H,8-10H2,(H,23,24). The number of carboxylic acid groups (broad SMARTS) is 1. The van der Waals surface area contributed by atoms with Crippen molar-refractivity contribution >= 4 is 11.9 Å². The zero-order valence-corrected chi connectivity index (χ0v) is 13.4. The molecule has 0 radical (unpaired) electrons. The fraction of sp³-hybridized carbons (Fsp3) is 0.222. The summed E-state index contributed by atoms with van der Waals surface area (Å²) >= 11 is 0. The highest BCUT2D eigenvalue weighted by molar-refractivity contribution is 6.00. The number of fused-ring (bicyclic) bond motifs is 1. The minimum absolute atomic E-state index is 0.0456. The smallest absolute Gasteiger partial charge is 0.416 e. The maximum Gasteiger partial charge on any atom is 0.416 e. The molecular weight excluding hydrogens is 351 g/mol. The second-order valence-electron chi connectivity index (χ2n) is 5.86. The lowest BCUT2D eigenvalue weighted by Gasteiger charge is -2.11. The molecule has 1 aliphatic heterocycles. The summed E-state index contributed by atoms with van der Waals surface area (Å²) in [7, 11) is 0. The molecule has 0 saturated carbocycles. The van der Waals surface area contributed by atoms with Crippen LogP contribution >= 0.6 is 0 Å². The molecule has 0 spiro atoms. The van der Waals surface area contributed by atoms with E-state index in [0.29, 0.717) is 22.4 Å². The van der Waals surface area contributed by atoms with Crippen molar-refractivity contribution in [3.63, 3.8) is 0 Å². The van der Waals surface area contributed by atoms with E-state index in [1.165, 1.54) is 23.1 Å². The Morgan fingerprint density at radius 2 is 1.85 bits per heavy atom. The van der Waals surface area contributed by atoms with Gasteiger partial charge in [-0.15, -0.1) is 0 Å². The van der Waals surface area contributed by atoms with Crippen molar-refractivity contribution in [1.29, 1.82) is 0 Å². The van der Waals surface area contributed by atoms with E-state index in [1.54, 1.807) is 12.1 Å². The monoisotopic (exact) mass is 365 g/mol. The number of rotatable bonds is 5. The maximum absolute atomic E-state index is 12.5. The first kappa shape index (κ1) is 17.8. The number of carbonyl (C=O) groups excluding carboxylic acids is 1. The van der Waals surface area contributed by atoms with Crippen LogP contribution in [-0.4, -0.2) is 28.4 Å². The SMILES string of the molecule is O=C(O)CN1Cc2ccc(OCc3ccc(C(F)(F)F)cc3)cc2C1=O. The van der Waals surface area contributed by atoms with E-state index in [4.69, 9.17) is 9.84 Å². The van der Waals surface area contributed by atoms with Gasteiger partial charge in [-0.1, -0.05) is 18.2 Å². The molecule has 26 heavy (non-hydrogen) atoms. The predicted octanol–water partition coefficient (Wildman–Crippen LogP) is 3.32. The molecular formula is C18H14F3NO4. The Balaban J connectivity index is 1.67. The van der Waals surface area contributed by atoms with Gasteiger partial charge in [0.2, 0.25) is 0 Å². The van der Waals surface area contributed by atoms with Gasteiger partial charge in [0.05, 0.1) is 5.56 Å². The summed E-state index contributed by atoms with van der Waals surface area (Å²) in [5.74, 6) is -1.10. The Morgan fingerprint density at radius 3 is 2.46 bits per heavy atom. The molecule has 0 aliphatic carbocycles.